The lowest BCUT2D eigenvalue weighted by Crippen LogP contribution is -2.28. The molecule has 3 heterocycles. The van der Waals surface area contributed by atoms with E-state index in [1.165, 1.54) is 10.9 Å². The summed E-state index contributed by atoms with van der Waals surface area (Å²) in [5.74, 6) is -3.67. The van der Waals surface area contributed by atoms with Crippen molar-refractivity contribution in [1.29, 1.82) is 5.26 Å². The van der Waals surface area contributed by atoms with Crippen LogP contribution in [-0.4, -0.2) is 44.6 Å². The number of aryl methyl sites for hydroxylation is 1. The van der Waals surface area contributed by atoms with Gasteiger partial charge in [0, 0.05) is 43.4 Å². The number of carbonyl (C=O) groups excluding carboxylic acids is 1. The third-order valence-electron chi connectivity index (χ3n) is 6.71. The largest absolute Gasteiger partial charge is 0.339 e. The van der Waals surface area contributed by atoms with Crippen LogP contribution in [-0.2, 0) is 0 Å². The van der Waals surface area contributed by atoms with Gasteiger partial charge in [-0.3, -0.25) is 14.3 Å². The zero-order valence-corrected chi connectivity index (χ0v) is 18.6. The predicted octanol–water partition coefficient (Wildman–Crippen LogP) is 4.12. The molecule has 3 aromatic rings. The molecular weight excluding hydrogens is 442 g/mol. The van der Waals surface area contributed by atoms with Crippen molar-refractivity contribution < 1.29 is 13.6 Å². The number of hydrogen-bond donors (Lipinski definition) is 2. The first-order valence-corrected chi connectivity index (χ1v) is 11.3. The summed E-state index contributed by atoms with van der Waals surface area (Å²) in [6.45, 7) is 3.36. The number of carbonyl (C=O) groups is 1. The molecule has 34 heavy (non-hydrogen) atoms. The molecular formula is C24H24F2N6O2. The maximum absolute atomic E-state index is 14.1. The van der Waals surface area contributed by atoms with Crippen LogP contribution in [0.4, 0.5) is 20.3 Å². The fourth-order valence-electron chi connectivity index (χ4n) is 5.03. The molecule has 2 aromatic heterocycles. The first-order chi connectivity index (χ1) is 16.3. The number of nitriles is 1. The van der Waals surface area contributed by atoms with Crippen LogP contribution in [0, 0.1) is 24.2 Å². The van der Waals surface area contributed by atoms with E-state index in [0.717, 1.165) is 31.5 Å². The lowest BCUT2D eigenvalue weighted by atomic mass is 10.1. The van der Waals surface area contributed by atoms with E-state index in [0.29, 0.717) is 16.8 Å². The average molecular weight is 466 g/mol. The van der Waals surface area contributed by atoms with E-state index in [1.54, 1.807) is 24.3 Å². The summed E-state index contributed by atoms with van der Waals surface area (Å²) in [5.41, 5.74) is 1.97. The van der Waals surface area contributed by atoms with Gasteiger partial charge in [-0.25, -0.2) is 8.78 Å². The van der Waals surface area contributed by atoms with Gasteiger partial charge in [0.05, 0.1) is 23.5 Å². The van der Waals surface area contributed by atoms with Gasteiger partial charge in [0.1, 0.15) is 5.39 Å². The Balaban J connectivity index is 1.50. The second-order valence-electron chi connectivity index (χ2n) is 9.08. The summed E-state index contributed by atoms with van der Waals surface area (Å²) < 4.78 is 29.6. The van der Waals surface area contributed by atoms with Crippen molar-refractivity contribution in [3.8, 4) is 6.07 Å². The number of likely N-dealkylation sites (tertiary alicyclic amines) is 1. The highest BCUT2D eigenvalue weighted by atomic mass is 19.3. The Labute approximate surface area is 194 Å². The van der Waals surface area contributed by atoms with Gasteiger partial charge in [0.15, 0.2) is 5.82 Å². The van der Waals surface area contributed by atoms with Crippen LogP contribution in [0.2, 0.25) is 0 Å². The second-order valence-corrected chi connectivity index (χ2v) is 9.08. The fraction of sp³-hybridized carbons (Fsp3) is 0.417. The van der Waals surface area contributed by atoms with Gasteiger partial charge in [0.25, 0.3) is 17.4 Å². The molecule has 5 rings (SSSR count). The standard InChI is InChI=1S/C24H24F2N6O2/c1-14-10-16(4-5-17(14)23(34)31-8-2-3-9-31)29-21-20-18(6-7-28-22(20)33)32(30-21)19-12-24(25,26)11-15(19)13-27/h4-7,10,15,19H,2-3,8-9,11-12H2,1H3,(H,28,33)(H,29,30)/t15-,19-/m1/s1. The molecule has 0 radical (unpaired) electrons. The van der Waals surface area contributed by atoms with Gasteiger partial charge in [-0.2, -0.15) is 10.4 Å². The van der Waals surface area contributed by atoms with Crippen LogP contribution < -0.4 is 10.9 Å². The molecule has 1 aliphatic carbocycles. The molecule has 176 valence electrons. The van der Waals surface area contributed by atoms with Crippen molar-refractivity contribution in [1.82, 2.24) is 19.7 Å². The first kappa shape index (κ1) is 22.1. The Hall–Kier alpha value is -3.74. The number of alkyl halides is 2. The lowest BCUT2D eigenvalue weighted by molar-refractivity contribution is 0.00391. The van der Waals surface area contributed by atoms with E-state index in [9.17, 15) is 23.6 Å². The van der Waals surface area contributed by atoms with Gasteiger partial charge in [-0.05, 0) is 49.6 Å². The van der Waals surface area contributed by atoms with Gasteiger partial charge in [0.2, 0.25) is 0 Å². The Morgan fingerprint density at radius 1 is 1.26 bits per heavy atom. The lowest BCUT2D eigenvalue weighted by Gasteiger charge is -2.17. The normalized spacial score (nSPS) is 21.6. The van der Waals surface area contributed by atoms with Crippen LogP contribution >= 0.6 is 0 Å². The third kappa shape index (κ3) is 3.81. The summed E-state index contributed by atoms with van der Waals surface area (Å²) in [6.07, 6.45) is 2.40. The molecule has 0 bridgehead atoms. The molecule has 1 aromatic carbocycles. The van der Waals surface area contributed by atoms with E-state index in [1.807, 2.05) is 17.9 Å². The summed E-state index contributed by atoms with van der Waals surface area (Å²) >= 11 is 0. The number of amides is 1. The molecule has 1 saturated carbocycles. The zero-order valence-electron chi connectivity index (χ0n) is 18.6. The second kappa shape index (κ2) is 8.24. The Morgan fingerprint density at radius 2 is 2.03 bits per heavy atom. The van der Waals surface area contributed by atoms with E-state index in [-0.39, 0.29) is 17.1 Å². The van der Waals surface area contributed by atoms with Crippen LogP contribution in [0.5, 0.6) is 0 Å². The molecule has 1 saturated heterocycles. The van der Waals surface area contributed by atoms with E-state index >= 15 is 0 Å². The molecule has 8 nitrogen and oxygen atoms in total. The minimum absolute atomic E-state index is 0.00238. The van der Waals surface area contributed by atoms with Gasteiger partial charge >= 0.3 is 0 Å². The maximum atomic E-state index is 14.1. The van der Waals surface area contributed by atoms with Gasteiger partial charge < -0.3 is 15.2 Å². The van der Waals surface area contributed by atoms with Crippen molar-refractivity contribution in [3.05, 3.63) is 51.9 Å². The van der Waals surface area contributed by atoms with E-state index < -0.39 is 36.3 Å². The molecule has 10 heteroatoms. The maximum Gasteiger partial charge on any atom is 0.261 e. The number of pyridine rings is 1. The summed E-state index contributed by atoms with van der Waals surface area (Å²) in [6, 6.07) is 8.00. The molecule has 2 N–H and O–H groups in total. The molecule has 1 amide bonds. The first-order valence-electron chi connectivity index (χ1n) is 11.3. The van der Waals surface area contributed by atoms with Crippen LogP contribution in [0.25, 0.3) is 10.9 Å². The Kier molecular flexibility index (Phi) is 5.35. The molecule has 2 aliphatic rings. The molecule has 2 fully saturated rings. The van der Waals surface area contributed by atoms with Crippen LogP contribution in [0.15, 0.2) is 35.3 Å². The van der Waals surface area contributed by atoms with Crippen molar-refractivity contribution in [2.75, 3.05) is 18.4 Å². The van der Waals surface area contributed by atoms with Crippen LogP contribution in [0.3, 0.4) is 0 Å². The zero-order chi connectivity index (χ0) is 24.0. The number of H-pyrrole nitrogens is 1. The number of rotatable bonds is 4. The number of aromatic amines is 1. The number of nitrogens with zero attached hydrogens (tertiary/aromatic N) is 4. The van der Waals surface area contributed by atoms with Gasteiger partial charge in [-0.15, -0.1) is 0 Å². The third-order valence-corrected chi connectivity index (χ3v) is 6.71. The Bertz CT molecular complexity index is 1370. The smallest absolute Gasteiger partial charge is 0.261 e. The van der Waals surface area contributed by atoms with E-state index in [4.69, 9.17) is 0 Å². The van der Waals surface area contributed by atoms with Crippen LogP contribution in [0.1, 0.15) is 47.6 Å². The minimum atomic E-state index is -2.97. The number of benzene rings is 1. The molecule has 0 spiro atoms. The van der Waals surface area contributed by atoms with Crippen molar-refractivity contribution >= 4 is 28.3 Å². The fourth-order valence-corrected chi connectivity index (χ4v) is 5.03. The molecule has 1 aliphatic heterocycles. The number of halogens is 2. The van der Waals surface area contributed by atoms with Gasteiger partial charge in [-0.1, -0.05) is 0 Å². The minimum Gasteiger partial charge on any atom is -0.339 e. The summed E-state index contributed by atoms with van der Waals surface area (Å²) in [4.78, 5) is 29.9. The number of nitrogens with one attached hydrogen (secondary N) is 2. The summed E-state index contributed by atoms with van der Waals surface area (Å²) in [7, 11) is 0. The van der Waals surface area contributed by atoms with Crippen molar-refractivity contribution in [2.24, 2.45) is 5.92 Å². The Morgan fingerprint density at radius 3 is 2.74 bits per heavy atom. The number of hydrogen-bond acceptors (Lipinski definition) is 5. The number of fused-ring (bicyclic) bond motifs is 1. The van der Waals surface area contributed by atoms with Crippen molar-refractivity contribution in [3.63, 3.8) is 0 Å². The SMILES string of the molecule is Cc1cc(Nc2nn([C@@H]3CC(F)(F)C[C@@H]3C#N)c3cc[nH]c(=O)c23)ccc1C(=O)N1CCCC1. The predicted molar refractivity (Wildman–Crippen MR) is 122 cm³/mol. The highest BCUT2D eigenvalue weighted by molar-refractivity contribution is 5.97. The average Bonchev–Trinajstić information content (AvgIpc) is 3.51. The highest BCUT2D eigenvalue weighted by Crippen LogP contribution is 2.46. The highest BCUT2D eigenvalue weighted by Gasteiger charge is 2.48. The monoisotopic (exact) mass is 466 g/mol. The molecule has 0 unspecified atom stereocenters. The topological polar surface area (TPSA) is 107 Å². The number of aromatic nitrogens is 3. The number of anilines is 2. The van der Waals surface area contributed by atoms with Crippen molar-refractivity contribution in [2.45, 2.75) is 44.6 Å². The summed E-state index contributed by atoms with van der Waals surface area (Å²) in [5, 5.41) is 17.2. The van der Waals surface area contributed by atoms with E-state index in [2.05, 4.69) is 15.4 Å². The quantitative estimate of drug-likeness (QED) is 0.602. The molecule has 2 atom stereocenters.